The van der Waals surface area contributed by atoms with Crippen LogP contribution in [0.3, 0.4) is 0 Å². The molecule has 3 rings (SSSR count). The standard InChI is InChI=1S/C20H17ClN2O6/c1-10(23-18(25)11-6-4-5-7-12(11)19(23)26)17(24)22-15-9-16(28-2)13(8-14(15)21)20(27)29-3/h4-10H,1-3H3,(H,22,24). The van der Waals surface area contributed by atoms with E-state index >= 15 is 0 Å². The molecule has 150 valence electrons. The maximum absolute atomic E-state index is 12.7. The van der Waals surface area contributed by atoms with Gasteiger partial charge >= 0.3 is 5.97 Å². The summed E-state index contributed by atoms with van der Waals surface area (Å²) < 4.78 is 9.82. The van der Waals surface area contributed by atoms with E-state index in [9.17, 15) is 19.2 Å². The second kappa shape index (κ2) is 7.92. The van der Waals surface area contributed by atoms with Gasteiger partial charge in [-0.2, -0.15) is 0 Å². The van der Waals surface area contributed by atoms with Gasteiger partial charge in [0.05, 0.1) is 36.1 Å². The lowest BCUT2D eigenvalue weighted by Gasteiger charge is -2.22. The van der Waals surface area contributed by atoms with Crippen LogP contribution in [0.25, 0.3) is 0 Å². The summed E-state index contributed by atoms with van der Waals surface area (Å²) in [6.45, 7) is 1.44. The first kappa shape index (κ1) is 20.3. The van der Waals surface area contributed by atoms with Crippen LogP contribution in [0, 0.1) is 0 Å². The molecule has 29 heavy (non-hydrogen) atoms. The van der Waals surface area contributed by atoms with Crippen molar-refractivity contribution < 1.29 is 28.7 Å². The van der Waals surface area contributed by atoms with Gasteiger partial charge in [0.25, 0.3) is 11.8 Å². The van der Waals surface area contributed by atoms with E-state index in [0.717, 1.165) is 4.90 Å². The van der Waals surface area contributed by atoms with E-state index < -0.39 is 29.7 Å². The Morgan fingerprint density at radius 2 is 1.66 bits per heavy atom. The number of imide groups is 1. The van der Waals surface area contributed by atoms with Crippen molar-refractivity contribution in [3.8, 4) is 5.75 Å². The number of benzene rings is 2. The Morgan fingerprint density at radius 1 is 1.07 bits per heavy atom. The fourth-order valence-electron chi connectivity index (χ4n) is 3.00. The molecule has 1 aliphatic heterocycles. The number of fused-ring (bicyclic) bond motifs is 1. The van der Waals surface area contributed by atoms with Gasteiger partial charge in [0.2, 0.25) is 5.91 Å². The average Bonchev–Trinajstić information content (AvgIpc) is 2.98. The van der Waals surface area contributed by atoms with E-state index in [-0.39, 0.29) is 33.1 Å². The average molecular weight is 417 g/mol. The Hall–Kier alpha value is -3.39. The van der Waals surface area contributed by atoms with E-state index in [4.69, 9.17) is 16.3 Å². The number of nitrogens with one attached hydrogen (secondary N) is 1. The molecule has 1 unspecified atom stereocenters. The number of anilines is 1. The van der Waals surface area contributed by atoms with Crippen molar-refractivity contribution in [3.63, 3.8) is 0 Å². The lowest BCUT2D eigenvalue weighted by molar-refractivity contribution is -0.119. The van der Waals surface area contributed by atoms with Crippen molar-refractivity contribution in [2.24, 2.45) is 0 Å². The van der Waals surface area contributed by atoms with Crippen LogP contribution < -0.4 is 10.1 Å². The number of nitrogens with zero attached hydrogens (tertiary/aromatic N) is 1. The van der Waals surface area contributed by atoms with Crippen LogP contribution in [0.1, 0.15) is 38.0 Å². The number of hydrogen-bond acceptors (Lipinski definition) is 6. The SMILES string of the molecule is COC(=O)c1cc(Cl)c(NC(=O)C(C)N2C(=O)c3ccccc3C2=O)cc1OC. The number of esters is 1. The van der Waals surface area contributed by atoms with Gasteiger partial charge in [0.15, 0.2) is 0 Å². The first-order valence-electron chi connectivity index (χ1n) is 8.53. The molecule has 0 saturated carbocycles. The summed E-state index contributed by atoms with van der Waals surface area (Å²) in [7, 11) is 2.57. The highest BCUT2D eigenvalue weighted by atomic mass is 35.5. The lowest BCUT2D eigenvalue weighted by Crippen LogP contribution is -2.45. The summed E-state index contributed by atoms with van der Waals surface area (Å²) in [5, 5.41) is 2.63. The van der Waals surface area contributed by atoms with Crippen molar-refractivity contribution in [3.05, 3.63) is 58.1 Å². The molecule has 1 aliphatic rings. The number of carbonyl (C=O) groups is 4. The highest BCUT2D eigenvalue weighted by molar-refractivity contribution is 6.34. The van der Waals surface area contributed by atoms with Gasteiger partial charge in [0.1, 0.15) is 17.4 Å². The number of carbonyl (C=O) groups excluding carboxylic acids is 4. The fraction of sp³-hybridized carbons (Fsp3) is 0.200. The predicted molar refractivity (Wildman–Crippen MR) is 104 cm³/mol. The van der Waals surface area contributed by atoms with Gasteiger partial charge in [-0.1, -0.05) is 23.7 Å². The van der Waals surface area contributed by atoms with E-state index in [1.54, 1.807) is 12.1 Å². The van der Waals surface area contributed by atoms with Gasteiger partial charge < -0.3 is 14.8 Å². The molecule has 0 spiro atoms. The third-order valence-corrected chi connectivity index (χ3v) is 4.86. The van der Waals surface area contributed by atoms with E-state index in [0.29, 0.717) is 0 Å². The zero-order valence-corrected chi connectivity index (χ0v) is 16.6. The molecule has 1 N–H and O–H groups in total. The Morgan fingerprint density at radius 3 is 2.17 bits per heavy atom. The number of rotatable bonds is 5. The summed E-state index contributed by atoms with van der Waals surface area (Å²) in [5.74, 6) is -2.23. The van der Waals surface area contributed by atoms with Crippen LogP contribution in [0.2, 0.25) is 5.02 Å². The van der Waals surface area contributed by atoms with Crippen molar-refractivity contribution >= 4 is 41.0 Å². The first-order valence-corrected chi connectivity index (χ1v) is 8.91. The fourth-order valence-corrected chi connectivity index (χ4v) is 3.21. The molecular weight excluding hydrogens is 400 g/mol. The number of ether oxygens (including phenoxy) is 2. The normalized spacial score (nSPS) is 13.7. The number of halogens is 1. The third-order valence-electron chi connectivity index (χ3n) is 4.54. The zero-order chi connectivity index (χ0) is 21.3. The minimum Gasteiger partial charge on any atom is -0.496 e. The number of amides is 3. The Labute approximate surface area is 171 Å². The number of methoxy groups -OCH3 is 2. The molecule has 9 heteroatoms. The maximum atomic E-state index is 12.7. The highest BCUT2D eigenvalue weighted by Gasteiger charge is 2.40. The van der Waals surface area contributed by atoms with Crippen LogP contribution in [0.4, 0.5) is 5.69 Å². The molecule has 3 amide bonds. The second-order valence-electron chi connectivity index (χ2n) is 6.22. The molecule has 0 radical (unpaired) electrons. The largest absolute Gasteiger partial charge is 0.496 e. The minimum absolute atomic E-state index is 0.0640. The molecule has 0 fully saturated rings. The Bertz CT molecular complexity index is 1000. The molecule has 0 aliphatic carbocycles. The third kappa shape index (κ3) is 3.54. The summed E-state index contributed by atoms with van der Waals surface area (Å²) in [6.07, 6.45) is 0. The monoisotopic (exact) mass is 416 g/mol. The van der Waals surface area contributed by atoms with Crippen LogP contribution in [-0.2, 0) is 9.53 Å². The maximum Gasteiger partial charge on any atom is 0.341 e. The topological polar surface area (TPSA) is 102 Å². The summed E-state index contributed by atoms with van der Waals surface area (Å²) in [4.78, 5) is 50.5. The molecule has 0 aromatic heterocycles. The van der Waals surface area contributed by atoms with Crippen molar-refractivity contribution in [1.29, 1.82) is 0 Å². The minimum atomic E-state index is -1.09. The molecule has 2 aromatic rings. The Kier molecular flexibility index (Phi) is 5.56. The smallest absolute Gasteiger partial charge is 0.341 e. The second-order valence-corrected chi connectivity index (χ2v) is 6.62. The molecule has 1 atom stereocenters. The van der Waals surface area contributed by atoms with Crippen LogP contribution in [-0.4, -0.2) is 48.9 Å². The predicted octanol–water partition coefficient (Wildman–Crippen LogP) is 2.76. The van der Waals surface area contributed by atoms with Crippen molar-refractivity contribution in [1.82, 2.24) is 4.90 Å². The summed E-state index contributed by atoms with van der Waals surface area (Å²) >= 11 is 6.17. The molecular formula is C20H17ClN2O6. The molecule has 1 heterocycles. The quantitative estimate of drug-likeness (QED) is 0.594. The number of hydrogen-bond donors (Lipinski definition) is 1. The van der Waals surface area contributed by atoms with Crippen molar-refractivity contribution in [2.75, 3.05) is 19.5 Å². The van der Waals surface area contributed by atoms with Gasteiger partial charge in [-0.05, 0) is 25.1 Å². The summed E-state index contributed by atoms with van der Waals surface area (Å²) in [6, 6.07) is 7.93. The first-order chi connectivity index (χ1) is 13.8. The van der Waals surface area contributed by atoms with Crippen LogP contribution in [0.5, 0.6) is 5.75 Å². The van der Waals surface area contributed by atoms with E-state index in [2.05, 4.69) is 10.1 Å². The molecule has 0 saturated heterocycles. The molecule has 8 nitrogen and oxygen atoms in total. The molecule has 2 aromatic carbocycles. The van der Waals surface area contributed by atoms with Crippen LogP contribution in [0.15, 0.2) is 36.4 Å². The van der Waals surface area contributed by atoms with Gasteiger partial charge in [-0.25, -0.2) is 4.79 Å². The highest BCUT2D eigenvalue weighted by Crippen LogP contribution is 2.32. The van der Waals surface area contributed by atoms with Crippen LogP contribution >= 0.6 is 11.6 Å². The zero-order valence-electron chi connectivity index (χ0n) is 15.8. The van der Waals surface area contributed by atoms with Gasteiger partial charge in [0, 0.05) is 6.07 Å². The van der Waals surface area contributed by atoms with E-state index in [1.165, 1.54) is 45.4 Å². The summed E-state index contributed by atoms with van der Waals surface area (Å²) in [5.41, 5.74) is 0.745. The lowest BCUT2D eigenvalue weighted by atomic mass is 10.1. The van der Waals surface area contributed by atoms with Gasteiger partial charge in [-0.3, -0.25) is 19.3 Å². The van der Waals surface area contributed by atoms with Crippen molar-refractivity contribution in [2.45, 2.75) is 13.0 Å². The van der Waals surface area contributed by atoms with Gasteiger partial charge in [-0.15, -0.1) is 0 Å². The Balaban J connectivity index is 1.85. The molecule has 0 bridgehead atoms. The van der Waals surface area contributed by atoms with E-state index in [1.807, 2.05) is 0 Å².